The lowest BCUT2D eigenvalue weighted by Crippen LogP contribution is -2.45. The second-order valence-corrected chi connectivity index (χ2v) is 6.15. The predicted molar refractivity (Wildman–Crippen MR) is 89.3 cm³/mol. The van der Waals surface area contributed by atoms with Crippen LogP contribution in [0.25, 0.3) is 0 Å². The van der Waals surface area contributed by atoms with E-state index >= 15 is 0 Å². The van der Waals surface area contributed by atoms with Gasteiger partial charge in [0.2, 0.25) is 0 Å². The van der Waals surface area contributed by atoms with Crippen LogP contribution < -0.4 is 10.1 Å². The Morgan fingerprint density at radius 2 is 2.25 bits per heavy atom. The van der Waals surface area contributed by atoms with Crippen molar-refractivity contribution >= 4 is 5.91 Å². The van der Waals surface area contributed by atoms with Crippen molar-refractivity contribution in [1.82, 2.24) is 19.7 Å². The Kier molecular flexibility index (Phi) is 4.62. The van der Waals surface area contributed by atoms with E-state index in [1.54, 1.807) is 17.1 Å². The molecule has 3 heterocycles. The highest BCUT2D eigenvalue weighted by molar-refractivity contribution is 5.96. The highest BCUT2D eigenvalue weighted by Gasteiger charge is 2.32. The van der Waals surface area contributed by atoms with Crippen LogP contribution >= 0.6 is 0 Å². The highest BCUT2D eigenvalue weighted by Crippen LogP contribution is 2.18. The van der Waals surface area contributed by atoms with Crippen molar-refractivity contribution in [2.45, 2.75) is 39.5 Å². The summed E-state index contributed by atoms with van der Waals surface area (Å²) < 4.78 is 15.2. The van der Waals surface area contributed by atoms with E-state index < -0.39 is 0 Å². The molecule has 7 heteroatoms. The lowest BCUT2D eigenvalue weighted by Gasteiger charge is -2.19. The zero-order chi connectivity index (χ0) is 17.3. The fourth-order valence-corrected chi connectivity index (χ4v) is 3.18. The maximum absolute atomic E-state index is 12.7. The predicted octanol–water partition coefficient (Wildman–Crippen LogP) is 1.43. The molecule has 0 unspecified atom stereocenters. The summed E-state index contributed by atoms with van der Waals surface area (Å²) in [7, 11) is 1.83. The molecule has 24 heavy (non-hydrogen) atoms. The van der Waals surface area contributed by atoms with Gasteiger partial charge in [0.25, 0.3) is 5.91 Å². The van der Waals surface area contributed by atoms with E-state index in [4.69, 9.17) is 9.47 Å². The molecule has 1 amide bonds. The first kappa shape index (κ1) is 16.6. The molecule has 1 N–H and O–H groups in total. The molecule has 1 fully saturated rings. The molecule has 2 aromatic rings. The van der Waals surface area contributed by atoms with Crippen molar-refractivity contribution in [2.75, 3.05) is 13.2 Å². The number of nitrogens with one attached hydrogen (secondary N) is 1. The minimum absolute atomic E-state index is 0.0851. The molecule has 1 aliphatic heterocycles. The third-order valence-corrected chi connectivity index (χ3v) is 4.45. The van der Waals surface area contributed by atoms with Crippen molar-refractivity contribution in [1.29, 1.82) is 0 Å². The average molecular weight is 332 g/mol. The van der Waals surface area contributed by atoms with E-state index in [0.717, 1.165) is 17.9 Å². The maximum atomic E-state index is 12.7. The highest BCUT2D eigenvalue weighted by atomic mass is 16.5. The van der Waals surface area contributed by atoms with E-state index in [1.165, 1.54) is 0 Å². The van der Waals surface area contributed by atoms with Crippen LogP contribution in [0, 0.1) is 13.8 Å². The Balaban J connectivity index is 1.69. The van der Waals surface area contributed by atoms with Crippen molar-refractivity contribution in [2.24, 2.45) is 7.05 Å². The van der Waals surface area contributed by atoms with Gasteiger partial charge >= 0.3 is 0 Å². The quantitative estimate of drug-likeness (QED) is 0.899. The summed E-state index contributed by atoms with van der Waals surface area (Å²) in [6.07, 6.45) is 3.24. The van der Waals surface area contributed by atoms with Gasteiger partial charge < -0.3 is 19.4 Å². The Morgan fingerprint density at radius 1 is 1.46 bits per heavy atom. The van der Waals surface area contributed by atoms with Crippen LogP contribution in [0.4, 0.5) is 0 Å². The first-order valence-corrected chi connectivity index (χ1v) is 8.20. The Morgan fingerprint density at radius 3 is 2.88 bits per heavy atom. The van der Waals surface area contributed by atoms with Crippen LogP contribution in [0.15, 0.2) is 18.5 Å². The summed E-state index contributed by atoms with van der Waals surface area (Å²) >= 11 is 0. The fourth-order valence-electron chi connectivity index (χ4n) is 3.18. The minimum Gasteiger partial charge on any atom is -0.482 e. The third kappa shape index (κ3) is 3.17. The van der Waals surface area contributed by atoms with Gasteiger partial charge in [0.1, 0.15) is 6.10 Å². The minimum atomic E-state index is -0.215. The summed E-state index contributed by atoms with van der Waals surface area (Å²) in [5.74, 6) is 0.592. The zero-order valence-electron chi connectivity index (χ0n) is 14.6. The number of aryl methyl sites for hydroxylation is 2. The molecule has 2 atom stereocenters. The van der Waals surface area contributed by atoms with Crippen LogP contribution in [0.3, 0.4) is 0 Å². The number of hydrogen-bond acceptors (Lipinski definition) is 4. The Labute approximate surface area is 141 Å². The molecule has 0 saturated carbocycles. The van der Waals surface area contributed by atoms with E-state index in [1.807, 2.05) is 27.0 Å². The van der Waals surface area contributed by atoms with Gasteiger partial charge in [-0.15, -0.1) is 0 Å². The molecule has 0 aliphatic carbocycles. The number of carbonyl (C=O) groups is 1. The van der Waals surface area contributed by atoms with Gasteiger partial charge in [0, 0.05) is 25.0 Å². The zero-order valence-corrected chi connectivity index (χ0v) is 14.6. The van der Waals surface area contributed by atoms with Gasteiger partial charge in [-0.25, -0.2) is 0 Å². The van der Waals surface area contributed by atoms with Crippen LogP contribution in [-0.2, 0) is 18.3 Å². The standard InChI is InChI=1S/C17H24N4O3/c1-5-21-11(2)6-14(12(21)3)17(22)19-15-9-23-10-16(15)24-13-7-18-20(4)8-13/h6-8,15-16H,5,9-10H2,1-4H3,(H,19,22)/t15-,16+/m0/s1. The van der Waals surface area contributed by atoms with E-state index in [0.29, 0.717) is 24.5 Å². The molecule has 0 spiro atoms. The monoisotopic (exact) mass is 332 g/mol. The number of ether oxygens (including phenoxy) is 2. The molecule has 3 rings (SSSR count). The SMILES string of the molecule is CCn1c(C)cc(C(=O)N[C@H]2COC[C@H]2Oc2cnn(C)c2)c1C. The van der Waals surface area contributed by atoms with Gasteiger partial charge in [0.05, 0.1) is 37.2 Å². The summed E-state index contributed by atoms with van der Waals surface area (Å²) in [6.45, 7) is 7.81. The molecule has 1 saturated heterocycles. The molecular weight excluding hydrogens is 308 g/mol. The van der Waals surface area contributed by atoms with E-state index in [2.05, 4.69) is 21.9 Å². The summed E-state index contributed by atoms with van der Waals surface area (Å²) in [4.78, 5) is 12.7. The normalized spacial score (nSPS) is 20.3. The van der Waals surface area contributed by atoms with Crippen molar-refractivity contribution < 1.29 is 14.3 Å². The largest absolute Gasteiger partial charge is 0.482 e. The molecule has 1 aliphatic rings. The number of rotatable bonds is 5. The number of aromatic nitrogens is 3. The average Bonchev–Trinajstić information content (AvgIpc) is 3.21. The molecule has 2 aromatic heterocycles. The van der Waals surface area contributed by atoms with Crippen molar-refractivity contribution in [3.05, 3.63) is 35.4 Å². The fraction of sp³-hybridized carbons (Fsp3) is 0.529. The maximum Gasteiger partial charge on any atom is 0.253 e. The molecule has 130 valence electrons. The first-order valence-electron chi connectivity index (χ1n) is 8.20. The second-order valence-electron chi connectivity index (χ2n) is 6.15. The lowest BCUT2D eigenvalue weighted by molar-refractivity contribution is 0.0903. The Hall–Kier alpha value is -2.28. The molecule has 0 radical (unpaired) electrons. The first-order chi connectivity index (χ1) is 11.5. The molecule has 0 aromatic carbocycles. The topological polar surface area (TPSA) is 70.3 Å². The second kappa shape index (κ2) is 6.68. The molecule has 7 nitrogen and oxygen atoms in total. The van der Waals surface area contributed by atoms with Gasteiger partial charge in [-0.1, -0.05) is 0 Å². The summed E-state index contributed by atoms with van der Waals surface area (Å²) in [6, 6.07) is 1.75. The number of nitrogens with zero attached hydrogens (tertiary/aromatic N) is 3. The molecule has 0 bridgehead atoms. The third-order valence-electron chi connectivity index (χ3n) is 4.45. The van der Waals surface area contributed by atoms with Crippen LogP contribution in [0.2, 0.25) is 0 Å². The smallest absolute Gasteiger partial charge is 0.253 e. The summed E-state index contributed by atoms with van der Waals surface area (Å²) in [5.41, 5.74) is 2.78. The number of carbonyl (C=O) groups excluding carboxylic acids is 1. The van der Waals surface area contributed by atoms with Crippen LogP contribution in [0.1, 0.15) is 28.7 Å². The molecular formula is C17H24N4O3. The van der Waals surface area contributed by atoms with Crippen molar-refractivity contribution in [3.63, 3.8) is 0 Å². The summed E-state index contributed by atoms with van der Waals surface area (Å²) in [5, 5.41) is 7.13. The van der Waals surface area contributed by atoms with E-state index in [-0.39, 0.29) is 18.1 Å². The Bertz CT molecular complexity index is 734. The van der Waals surface area contributed by atoms with Gasteiger partial charge in [0.15, 0.2) is 5.75 Å². The van der Waals surface area contributed by atoms with Crippen molar-refractivity contribution in [3.8, 4) is 5.75 Å². The van der Waals surface area contributed by atoms with Crippen LogP contribution in [-0.4, -0.2) is 45.6 Å². The number of hydrogen-bond donors (Lipinski definition) is 1. The van der Waals surface area contributed by atoms with Crippen LogP contribution in [0.5, 0.6) is 5.75 Å². The van der Waals surface area contributed by atoms with Gasteiger partial charge in [-0.2, -0.15) is 5.10 Å². The van der Waals surface area contributed by atoms with Gasteiger partial charge in [-0.05, 0) is 26.8 Å². The van der Waals surface area contributed by atoms with E-state index in [9.17, 15) is 4.79 Å². The van der Waals surface area contributed by atoms with Gasteiger partial charge in [-0.3, -0.25) is 9.48 Å². The number of amides is 1. The lowest BCUT2D eigenvalue weighted by atomic mass is 10.1.